The predicted octanol–water partition coefficient (Wildman–Crippen LogP) is 0.446. The topological polar surface area (TPSA) is 63.3 Å². The molecule has 0 amide bonds. The summed E-state index contributed by atoms with van der Waals surface area (Å²) in [5, 5.41) is 8.42. The minimum absolute atomic E-state index is 0.307. The van der Waals surface area contributed by atoms with Gasteiger partial charge in [-0.3, -0.25) is 4.79 Å². The lowest BCUT2D eigenvalue weighted by atomic mass is 9.72. The minimum atomic E-state index is -0.692. The summed E-state index contributed by atoms with van der Waals surface area (Å²) in [5.74, 6) is 0.154. The van der Waals surface area contributed by atoms with Crippen molar-refractivity contribution in [3.8, 4) is 0 Å². The average Bonchev–Trinajstić information content (AvgIpc) is 1.82. The fraction of sp³-hybridized carbons (Fsp3) is 0.857. The third-order valence-corrected chi connectivity index (χ3v) is 2.31. The zero-order valence-corrected chi connectivity index (χ0v) is 5.92. The molecule has 0 spiro atoms. The predicted molar refractivity (Wildman–Crippen MR) is 37.5 cm³/mol. The number of hydrogen-bond donors (Lipinski definition) is 2. The van der Waals surface area contributed by atoms with Crippen molar-refractivity contribution >= 4 is 5.97 Å². The van der Waals surface area contributed by atoms with Crippen LogP contribution in [0.5, 0.6) is 0 Å². The summed E-state index contributed by atoms with van der Waals surface area (Å²) in [4.78, 5) is 10.2. The van der Waals surface area contributed by atoms with Crippen molar-refractivity contribution in [2.45, 2.75) is 19.3 Å². The van der Waals surface area contributed by atoms with Crippen LogP contribution in [0.3, 0.4) is 0 Å². The molecule has 2 unspecified atom stereocenters. The van der Waals surface area contributed by atoms with Gasteiger partial charge in [0, 0.05) is 6.42 Å². The van der Waals surface area contributed by atoms with E-state index in [1.54, 1.807) is 0 Å². The molecule has 3 nitrogen and oxygen atoms in total. The molecule has 0 aliphatic heterocycles. The van der Waals surface area contributed by atoms with Gasteiger partial charge in [-0.05, 0) is 31.2 Å². The number of nitrogens with two attached hydrogens (primary N) is 1. The highest BCUT2D eigenvalue weighted by Crippen LogP contribution is 2.35. The summed E-state index contributed by atoms with van der Waals surface area (Å²) in [7, 11) is 0. The molecule has 3 heteroatoms. The Hall–Kier alpha value is -0.570. The van der Waals surface area contributed by atoms with E-state index in [4.69, 9.17) is 10.8 Å². The fourth-order valence-corrected chi connectivity index (χ4v) is 1.44. The third-order valence-electron chi connectivity index (χ3n) is 2.31. The molecule has 1 aliphatic rings. The van der Waals surface area contributed by atoms with E-state index < -0.39 is 5.97 Å². The van der Waals surface area contributed by atoms with Gasteiger partial charge in [0.05, 0.1) is 0 Å². The second kappa shape index (κ2) is 3.01. The zero-order chi connectivity index (χ0) is 7.56. The molecule has 1 saturated carbocycles. The molecule has 1 fully saturated rings. The van der Waals surface area contributed by atoms with Crippen LogP contribution in [-0.4, -0.2) is 17.6 Å². The van der Waals surface area contributed by atoms with Crippen molar-refractivity contribution in [3.05, 3.63) is 0 Å². The first kappa shape index (κ1) is 7.54. The molecule has 2 atom stereocenters. The van der Waals surface area contributed by atoms with E-state index in [-0.39, 0.29) is 0 Å². The van der Waals surface area contributed by atoms with Crippen molar-refractivity contribution in [2.24, 2.45) is 17.6 Å². The van der Waals surface area contributed by atoms with Crippen molar-refractivity contribution in [1.82, 2.24) is 0 Å². The van der Waals surface area contributed by atoms with Crippen LogP contribution in [0.2, 0.25) is 0 Å². The first-order valence-corrected chi connectivity index (χ1v) is 3.66. The SMILES string of the molecule is NCC1CCC1CC(=O)O. The summed E-state index contributed by atoms with van der Waals surface area (Å²) in [5.41, 5.74) is 5.41. The summed E-state index contributed by atoms with van der Waals surface area (Å²) < 4.78 is 0. The maximum absolute atomic E-state index is 10.2. The monoisotopic (exact) mass is 143 g/mol. The van der Waals surface area contributed by atoms with E-state index in [9.17, 15) is 4.79 Å². The second-order valence-corrected chi connectivity index (χ2v) is 2.93. The molecule has 10 heavy (non-hydrogen) atoms. The molecule has 58 valence electrons. The molecule has 0 bridgehead atoms. The molecule has 0 radical (unpaired) electrons. The van der Waals surface area contributed by atoms with Crippen molar-refractivity contribution < 1.29 is 9.90 Å². The van der Waals surface area contributed by atoms with E-state index in [1.165, 1.54) is 0 Å². The number of carbonyl (C=O) groups is 1. The molecule has 0 aromatic carbocycles. The maximum atomic E-state index is 10.2. The molecule has 0 aromatic heterocycles. The van der Waals surface area contributed by atoms with Gasteiger partial charge in [0.1, 0.15) is 0 Å². The van der Waals surface area contributed by atoms with Crippen LogP contribution in [0.25, 0.3) is 0 Å². The lowest BCUT2D eigenvalue weighted by Crippen LogP contribution is -2.33. The fourth-order valence-electron chi connectivity index (χ4n) is 1.44. The highest BCUT2D eigenvalue weighted by atomic mass is 16.4. The standard InChI is InChI=1S/C7H13NO2/c8-4-6-2-1-5(6)3-7(9)10/h5-6H,1-4,8H2,(H,9,10). The van der Waals surface area contributed by atoms with Gasteiger partial charge in [-0.25, -0.2) is 0 Å². The summed E-state index contributed by atoms with van der Waals surface area (Å²) in [6.07, 6.45) is 2.48. The van der Waals surface area contributed by atoms with Gasteiger partial charge >= 0.3 is 5.97 Å². The number of hydrogen-bond acceptors (Lipinski definition) is 2. The molecule has 1 aliphatic carbocycles. The highest BCUT2D eigenvalue weighted by Gasteiger charge is 2.30. The van der Waals surface area contributed by atoms with E-state index >= 15 is 0 Å². The van der Waals surface area contributed by atoms with E-state index in [0.29, 0.717) is 24.8 Å². The lowest BCUT2D eigenvalue weighted by molar-refractivity contribution is -0.139. The Bertz CT molecular complexity index is 134. The van der Waals surface area contributed by atoms with Crippen molar-refractivity contribution in [3.63, 3.8) is 0 Å². The van der Waals surface area contributed by atoms with Crippen LogP contribution >= 0.6 is 0 Å². The molecule has 0 saturated heterocycles. The van der Waals surface area contributed by atoms with Gasteiger partial charge in [-0.1, -0.05) is 0 Å². The normalized spacial score (nSPS) is 31.3. The third kappa shape index (κ3) is 1.48. The Kier molecular flexibility index (Phi) is 2.27. The second-order valence-electron chi connectivity index (χ2n) is 2.93. The van der Waals surface area contributed by atoms with E-state index in [2.05, 4.69) is 0 Å². The Morgan fingerprint density at radius 1 is 1.50 bits per heavy atom. The smallest absolute Gasteiger partial charge is 0.303 e. The molecule has 3 N–H and O–H groups in total. The summed E-state index contributed by atoms with van der Waals surface area (Å²) >= 11 is 0. The van der Waals surface area contributed by atoms with Crippen molar-refractivity contribution in [2.75, 3.05) is 6.54 Å². The number of carboxylic acids is 1. The Morgan fingerprint density at radius 2 is 2.10 bits per heavy atom. The van der Waals surface area contributed by atoms with Crippen LogP contribution in [0.1, 0.15) is 19.3 Å². The molecule has 1 rings (SSSR count). The van der Waals surface area contributed by atoms with Gasteiger partial charge in [-0.2, -0.15) is 0 Å². The minimum Gasteiger partial charge on any atom is -0.481 e. The average molecular weight is 143 g/mol. The molecule has 0 heterocycles. The first-order valence-electron chi connectivity index (χ1n) is 3.66. The van der Waals surface area contributed by atoms with Gasteiger partial charge in [0.25, 0.3) is 0 Å². The summed E-state index contributed by atoms with van der Waals surface area (Å²) in [6.45, 7) is 0.651. The Balaban J connectivity index is 2.23. The maximum Gasteiger partial charge on any atom is 0.303 e. The van der Waals surface area contributed by atoms with Crippen LogP contribution < -0.4 is 5.73 Å². The van der Waals surface area contributed by atoms with Gasteiger partial charge in [-0.15, -0.1) is 0 Å². The number of aliphatic carboxylic acids is 1. The summed E-state index contributed by atoms with van der Waals surface area (Å²) in [6, 6.07) is 0. The highest BCUT2D eigenvalue weighted by molar-refractivity contribution is 5.67. The van der Waals surface area contributed by atoms with Crippen LogP contribution in [-0.2, 0) is 4.79 Å². The quantitative estimate of drug-likeness (QED) is 0.602. The first-order chi connectivity index (χ1) is 4.74. The van der Waals surface area contributed by atoms with E-state index in [1.807, 2.05) is 0 Å². The van der Waals surface area contributed by atoms with Gasteiger partial charge < -0.3 is 10.8 Å². The van der Waals surface area contributed by atoms with Crippen LogP contribution in [0, 0.1) is 11.8 Å². The van der Waals surface area contributed by atoms with Crippen LogP contribution in [0.4, 0.5) is 0 Å². The largest absolute Gasteiger partial charge is 0.481 e. The van der Waals surface area contributed by atoms with Crippen molar-refractivity contribution in [1.29, 1.82) is 0 Å². The van der Waals surface area contributed by atoms with Crippen LogP contribution in [0.15, 0.2) is 0 Å². The lowest BCUT2D eigenvalue weighted by Gasteiger charge is -2.34. The number of carboxylic acid groups (broad SMARTS) is 1. The van der Waals surface area contributed by atoms with E-state index in [0.717, 1.165) is 12.8 Å². The molecule has 0 aromatic rings. The van der Waals surface area contributed by atoms with Gasteiger partial charge in [0.2, 0.25) is 0 Å². The Morgan fingerprint density at radius 3 is 2.40 bits per heavy atom. The zero-order valence-electron chi connectivity index (χ0n) is 5.92. The van der Waals surface area contributed by atoms with Gasteiger partial charge in [0.15, 0.2) is 0 Å². The molecular weight excluding hydrogens is 130 g/mol. The Labute approximate surface area is 60.2 Å². The number of rotatable bonds is 3. The molecular formula is C7H13NO2.